The summed E-state index contributed by atoms with van der Waals surface area (Å²) in [6, 6.07) is 7.01. The third-order valence-electron chi connectivity index (χ3n) is 3.27. The van der Waals surface area contributed by atoms with Gasteiger partial charge in [0.15, 0.2) is 5.84 Å². The van der Waals surface area contributed by atoms with Crippen molar-refractivity contribution in [2.24, 2.45) is 10.9 Å². The number of likely N-dealkylation sites (tertiary alicyclic amines) is 1. The minimum Gasteiger partial charge on any atom is -0.409 e. The third-order valence-corrected chi connectivity index (χ3v) is 3.27. The predicted octanol–water partition coefficient (Wildman–Crippen LogP) is 1.74. The van der Waals surface area contributed by atoms with Crippen LogP contribution >= 0.6 is 0 Å². The molecule has 19 heavy (non-hydrogen) atoms. The van der Waals surface area contributed by atoms with Crippen LogP contribution in [0.1, 0.15) is 18.4 Å². The molecule has 1 aliphatic rings. The van der Waals surface area contributed by atoms with E-state index in [-0.39, 0.29) is 17.9 Å². The molecular formula is C13H18N4O2. The normalized spacial score (nSPS) is 19.5. The molecule has 1 heterocycles. The van der Waals surface area contributed by atoms with Gasteiger partial charge in [-0.2, -0.15) is 0 Å². The largest absolute Gasteiger partial charge is 0.409 e. The second kappa shape index (κ2) is 5.60. The first-order chi connectivity index (χ1) is 9.11. The van der Waals surface area contributed by atoms with E-state index in [1.54, 1.807) is 4.90 Å². The highest BCUT2D eigenvalue weighted by Gasteiger charge is 2.31. The number of carbonyl (C=O) groups excluding carboxylic acids is 1. The molecule has 1 aliphatic heterocycles. The number of nitrogens with one attached hydrogen (secondary N) is 1. The van der Waals surface area contributed by atoms with Crippen molar-refractivity contribution in [3.8, 4) is 0 Å². The number of urea groups is 1. The van der Waals surface area contributed by atoms with Crippen LogP contribution in [-0.4, -0.2) is 34.6 Å². The highest BCUT2D eigenvalue weighted by molar-refractivity contribution is 5.95. The number of rotatable bonds is 2. The van der Waals surface area contributed by atoms with Crippen LogP contribution < -0.4 is 11.1 Å². The fourth-order valence-corrected chi connectivity index (χ4v) is 2.22. The van der Waals surface area contributed by atoms with Gasteiger partial charge in [0, 0.05) is 12.2 Å². The molecule has 6 heteroatoms. The number of nitrogens with zero attached hydrogens (tertiary/aromatic N) is 2. The lowest BCUT2D eigenvalue weighted by atomic mass is 10.2. The summed E-state index contributed by atoms with van der Waals surface area (Å²) in [5.74, 6) is 0.0801. The Balaban J connectivity index is 2.05. The van der Waals surface area contributed by atoms with Gasteiger partial charge in [-0.15, -0.1) is 0 Å². The molecule has 0 spiro atoms. The molecule has 1 fully saturated rings. The van der Waals surface area contributed by atoms with Crippen molar-refractivity contribution >= 4 is 17.6 Å². The number of hydrogen-bond donors (Lipinski definition) is 3. The Morgan fingerprint density at radius 2 is 2.16 bits per heavy atom. The Kier molecular flexibility index (Phi) is 3.89. The Morgan fingerprint density at radius 1 is 1.47 bits per heavy atom. The van der Waals surface area contributed by atoms with E-state index in [0.29, 0.717) is 6.54 Å². The maximum absolute atomic E-state index is 12.2. The molecule has 1 atom stereocenters. The topological polar surface area (TPSA) is 91.0 Å². The lowest BCUT2D eigenvalue weighted by molar-refractivity contribution is 0.215. The molecule has 1 saturated heterocycles. The van der Waals surface area contributed by atoms with Crippen molar-refractivity contribution in [2.75, 3.05) is 11.9 Å². The summed E-state index contributed by atoms with van der Waals surface area (Å²) in [4.78, 5) is 13.7. The highest BCUT2D eigenvalue weighted by atomic mass is 16.4. The van der Waals surface area contributed by atoms with Gasteiger partial charge < -0.3 is 21.2 Å². The van der Waals surface area contributed by atoms with Gasteiger partial charge >= 0.3 is 6.03 Å². The van der Waals surface area contributed by atoms with Gasteiger partial charge in [-0.25, -0.2) is 4.79 Å². The van der Waals surface area contributed by atoms with Gasteiger partial charge in [-0.1, -0.05) is 22.9 Å². The van der Waals surface area contributed by atoms with Crippen LogP contribution in [0, 0.1) is 6.92 Å². The number of nitrogens with two attached hydrogens (primary N) is 1. The minimum atomic E-state index is -0.324. The van der Waals surface area contributed by atoms with E-state index >= 15 is 0 Å². The number of aryl methyl sites for hydroxylation is 1. The first-order valence-corrected chi connectivity index (χ1v) is 6.23. The molecule has 2 amide bonds. The number of anilines is 1. The number of oxime groups is 1. The Hall–Kier alpha value is -2.24. The molecule has 1 unspecified atom stereocenters. The summed E-state index contributed by atoms with van der Waals surface area (Å²) in [5.41, 5.74) is 7.47. The number of benzene rings is 1. The highest BCUT2D eigenvalue weighted by Crippen LogP contribution is 2.19. The van der Waals surface area contributed by atoms with Gasteiger partial charge in [0.05, 0.1) is 6.04 Å². The van der Waals surface area contributed by atoms with Crippen LogP contribution in [0.4, 0.5) is 10.5 Å². The summed E-state index contributed by atoms with van der Waals surface area (Å²) in [5, 5.41) is 14.5. The lowest BCUT2D eigenvalue weighted by Gasteiger charge is -2.23. The van der Waals surface area contributed by atoms with Gasteiger partial charge in [0.2, 0.25) is 0 Å². The summed E-state index contributed by atoms with van der Waals surface area (Å²) < 4.78 is 0. The molecule has 4 N–H and O–H groups in total. The fraction of sp³-hybridized carbons (Fsp3) is 0.385. The lowest BCUT2D eigenvalue weighted by Crippen LogP contribution is -2.45. The second-order valence-electron chi connectivity index (χ2n) is 4.67. The molecule has 6 nitrogen and oxygen atoms in total. The second-order valence-corrected chi connectivity index (χ2v) is 4.67. The van der Waals surface area contributed by atoms with E-state index < -0.39 is 0 Å². The molecular weight excluding hydrogens is 244 g/mol. The van der Waals surface area contributed by atoms with Crippen LogP contribution in [0.15, 0.2) is 29.4 Å². The number of amidine groups is 1. The molecule has 102 valence electrons. The molecule has 0 radical (unpaired) electrons. The Morgan fingerprint density at radius 3 is 2.79 bits per heavy atom. The molecule has 1 aromatic rings. The first-order valence-electron chi connectivity index (χ1n) is 6.23. The smallest absolute Gasteiger partial charge is 0.322 e. The van der Waals surface area contributed by atoms with Crippen LogP contribution in [0.25, 0.3) is 0 Å². The first kappa shape index (κ1) is 13.2. The number of amides is 2. The SMILES string of the molecule is Cc1ccc(NC(=O)N2CCCC2C(N)=NO)cc1. The van der Waals surface area contributed by atoms with Crippen LogP contribution in [0.5, 0.6) is 0 Å². The van der Waals surface area contributed by atoms with Gasteiger partial charge in [-0.05, 0) is 31.9 Å². The Labute approximate surface area is 111 Å². The van der Waals surface area contributed by atoms with Crippen LogP contribution in [0.3, 0.4) is 0 Å². The number of carbonyl (C=O) groups is 1. The quantitative estimate of drug-likeness (QED) is 0.328. The summed E-state index contributed by atoms with van der Waals surface area (Å²) >= 11 is 0. The molecule has 1 aromatic carbocycles. The van der Waals surface area contributed by atoms with E-state index in [9.17, 15) is 4.79 Å². The van der Waals surface area contributed by atoms with Gasteiger partial charge in [-0.3, -0.25) is 0 Å². The zero-order valence-electron chi connectivity index (χ0n) is 10.8. The van der Waals surface area contributed by atoms with Crippen molar-refractivity contribution in [1.29, 1.82) is 0 Å². The van der Waals surface area contributed by atoms with Crippen molar-refractivity contribution < 1.29 is 10.0 Å². The molecule has 0 aromatic heterocycles. The minimum absolute atomic E-state index is 0.0801. The maximum Gasteiger partial charge on any atom is 0.322 e. The maximum atomic E-state index is 12.2. The molecule has 2 rings (SSSR count). The zero-order valence-corrected chi connectivity index (χ0v) is 10.8. The van der Waals surface area contributed by atoms with E-state index in [4.69, 9.17) is 10.9 Å². The van der Waals surface area contributed by atoms with Crippen molar-refractivity contribution in [3.63, 3.8) is 0 Å². The van der Waals surface area contributed by atoms with Crippen molar-refractivity contribution in [2.45, 2.75) is 25.8 Å². The van der Waals surface area contributed by atoms with Gasteiger partial charge in [0.25, 0.3) is 0 Å². The van der Waals surface area contributed by atoms with E-state index in [1.165, 1.54) is 0 Å². The Bertz CT molecular complexity index is 484. The molecule has 0 saturated carbocycles. The average molecular weight is 262 g/mol. The summed E-state index contributed by atoms with van der Waals surface area (Å²) in [6.07, 6.45) is 1.57. The van der Waals surface area contributed by atoms with E-state index in [1.807, 2.05) is 31.2 Å². The van der Waals surface area contributed by atoms with Crippen LogP contribution in [-0.2, 0) is 0 Å². The molecule has 0 aliphatic carbocycles. The van der Waals surface area contributed by atoms with Gasteiger partial charge in [0.1, 0.15) is 0 Å². The fourth-order valence-electron chi connectivity index (χ4n) is 2.22. The number of hydrogen-bond acceptors (Lipinski definition) is 3. The summed E-state index contributed by atoms with van der Waals surface area (Å²) in [6.45, 7) is 2.60. The summed E-state index contributed by atoms with van der Waals surface area (Å²) in [7, 11) is 0. The van der Waals surface area contributed by atoms with Crippen molar-refractivity contribution in [1.82, 2.24) is 4.90 Å². The monoisotopic (exact) mass is 262 g/mol. The molecule has 0 bridgehead atoms. The third kappa shape index (κ3) is 2.96. The van der Waals surface area contributed by atoms with E-state index in [2.05, 4.69) is 10.5 Å². The zero-order chi connectivity index (χ0) is 13.8. The van der Waals surface area contributed by atoms with Crippen molar-refractivity contribution in [3.05, 3.63) is 29.8 Å². The van der Waals surface area contributed by atoms with E-state index in [0.717, 1.165) is 24.1 Å². The predicted molar refractivity (Wildman–Crippen MR) is 73.3 cm³/mol. The van der Waals surface area contributed by atoms with Crippen LogP contribution in [0.2, 0.25) is 0 Å². The average Bonchev–Trinajstić information content (AvgIpc) is 2.90. The standard InChI is InChI=1S/C13H18N4O2/c1-9-4-6-10(7-5-9)15-13(18)17-8-2-3-11(17)12(14)16-19/h4-7,11,19H,2-3,8H2,1H3,(H2,14,16)(H,15,18).